The summed E-state index contributed by atoms with van der Waals surface area (Å²) < 4.78 is 11.6. The molecule has 118 valence electrons. The number of hydrogen-bond donors (Lipinski definition) is 1. The monoisotopic (exact) mass is 316 g/mol. The Morgan fingerprint density at radius 2 is 1.67 bits per heavy atom. The Bertz CT molecular complexity index is 960. The molecule has 0 fully saturated rings. The lowest BCUT2D eigenvalue weighted by atomic mass is 10.2. The average Bonchev–Trinajstić information content (AvgIpc) is 3.07. The van der Waals surface area contributed by atoms with Crippen LogP contribution in [0.1, 0.15) is 5.56 Å². The van der Waals surface area contributed by atoms with E-state index in [4.69, 9.17) is 14.9 Å². The number of nitrogen functional groups attached to an aromatic ring is 1. The molecule has 0 aliphatic heterocycles. The van der Waals surface area contributed by atoms with Crippen molar-refractivity contribution < 1.29 is 9.15 Å². The standard InChI is InChI=1S/C20H16N2O2/c21-17-7-4-8-18-19(17)22-20(24-18)15-9-11-16(12-10-15)23-13-14-5-2-1-3-6-14/h1-12H,13,21H2. The van der Waals surface area contributed by atoms with Gasteiger partial charge in [-0.1, -0.05) is 36.4 Å². The SMILES string of the molecule is Nc1cccc2oc(-c3ccc(OCc4ccccc4)cc3)nc12. The Hall–Kier alpha value is -3.27. The number of ether oxygens (including phenoxy) is 1. The molecule has 0 bridgehead atoms. The zero-order chi connectivity index (χ0) is 16.4. The first-order valence-electron chi connectivity index (χ1n) is 7.72. The summed E-state index contributed by atoms with van der Waals surface area (Å²) in [5.74, 6) is 1.36. The van der Waals surface area contributed by atoms with Gasteiger partial charge in [0, 0.05) is 5.56 Å². The lowest BCUT2D eigenvalue weighted by Gasteiger charge is -2.06. The zero-order valence-electron chi connectivity index (χ0n) is 13.0. The lowest BCUT2D eigenvalue weighted by Crippen LogP contribution is -1.94. The second-order valence-corrected chi connectivity index (χ2v) is 5.51. The van der Waals surface area contributed by atoms with E-state index in [2.05, 4.69) is 4.98 Å². The molecule has 0 spiro atoms. The average molecular weight is 316 g/mol. The highest BCUT2D eigenvalue weighted by Gasteiger charge is 2.10. The van der Waals surface area contributed by atoms with E-state index in [9.17, 15) is 0 Å². The molecule has 0 aliphatic carbocycles. The number of fused-ring (bicyclic) bond motifs is 1. The molecule has 0 saturated heterocycles. The van der Waals surface area contributed by atoms with Crippen LogP contribution < -0.4 is 10.5 Å². The Kier molecular flexibility index (Phi) is 3.63. The van der Waals surface area contributed by atoms with Crippen molar-refractivity contribution in [2.24, 2.45) is 0 Å². The largest absolute Gasteiger partial charge is 0.489 e. The predicted molar refractivity (Wildman–Crippen MR) is 94.6 cm³/mol. The zero-order valence-corrected chi connectivity index (χ0v) is 13.0. The summed E-state index contributed by atoms with van der Waals surface area (Å²) in [6.45, 7) is 0.541. The van der Waals surface area contributed by atoms with Crippen LogP contribution in [0.15, 0.2) is 77.2 Å². The normalized spacial score (nSPS) is 10.8. The van der Waals surface area contributed by atoms with Crippen molar-refractivity contribution in [3.63, 3.8) is 0 Å². The predicted octanol–water partition coefficient (Wildman–Crippen LogP) is 4.66. The Balaban J connectivity index is 1.53. The van der Waals surface area contributed by atoms with E-state index >= 15 is 0 Å². The van der Waals surface area contributed by atoms with Crippen LogP contribution in [0.3, 0.4) is 0 Å². The van der Waals surface area contributed by atoms with E-state index < -0.39 is 0 Å². The van der Waals surface area contributed by atoms with Gasteiger partial charge in [-0.05, 0) is 42.0 Å². The van der Waals surface area contributed by atoms with Crippen LogP contribution in [-0.2, 0) is 6.61 Å². The van der Waals surface area contributed by atoms with Crippen molar-refractivity contribution in [3.8, 4) is 17.2 Å². The maximum absolute atomic E-state index is 5.92. The topological polar surface area (TPSA) is 61.3 Å². The molecule has 4 nitrogen and oxygen atoms in total. The minimum absolute atomic E-state index is 0.541. The molecule has 2 N–H and O–H groups in total. The maximum Gasteiger partial charge on any atom is 0.227 e. The molecule has 1 heterocycles. The summed E-state index contributed by atoms with van der Waals surface area (Å²) in [6, 6.07) is 23.3. The summed E-state index contributed by atoms with van der Waals surface area (Å²) >= 11 is 0. The highest BCUT2D eigenvalue weighted by atomic mass is 16.5. The van der Waals surface area contributed by atoms with Gasteiger partial charge < -0.3 is 14.9 Å². The van der Waals surface area contributed by atoms with Gasteiger partial charge in [-0.15, -0.1) is 0 Å². The second-order valence-electron chi connectivity index (χ2n) is 5.51. The van der Waals surface area contributed by atoms with E-state index in [1.807, 2.05) is 72.8 Å². The first-order valence-corrected chi connectivity index (χ1v) is 7.72. The molecule has 0 atom stereocenters. The molecule has 24 heavy (non-hydrogen) atoms. The van der Waals surface area contributed by atoms with Gasteiger partial charge in [0.15, 0.2) is 5.58 Å². The van der Waals surface area contributed by atoms with E-state index in [0.29, 0.717) is 29.3 Å². The first-order chi connectivity index (χ1) is 11.8. The van der Waals surface area contributed by atoms with Gasteiger partial charge in [0.2, 0.25) is 5.89 Å². The molecule has 1 aromatic heterocycles. The van der Waals surface area contributed by atoms with Crippen LogP contribution in [0.5, 0.6) is 5.75 Å². The fourth-order valence-corrected chi connectivity index (χ4v) is 2.53. The summed E-state index contributed by atoms with van der Waals surface area (Å²) in [5.41, 5.74) is 9.94. The first kappa shape index (κ1) is 14.3. The molecule has 0 unspecified atom stereocenters. The fraction of sp³-hybridized carbons (Fsp3) is 0.0500. The van der Waals surface area contributed by atoms with Gasteiger partial charge in [0.05, 0.1) is 5.69 Å². The third kappa shape index (κ3) is 2.82. The maximum atomic E-state index is 5.92. The van der Waals surface area contributed by atoms with Gasteiger partial charge in [0.1, 0.15) is 17.9 Å². The highest BCUT2D eigenvalue weighted by molar-refractivity contribution is 5.87. The van der Waals surface area contributed by atoms with E-state index in [1.54, 1.807) is 0 Å². The Morgan fingerprint density at radius 1 is 0.875 bits per heavy atom. The minimum atomic E-state index is 0.541. The lowest BCUT2D eigenvalue weighted by molar-refractivity contribution is 0.306. The minimum Gasteiger partial charge on any atom is -0.489 e. The van der Waals surface area contributed by atoms with Crippen molar-refractivity contribution in [3.05, 3.63) is 78.4 Å². The molecular formula is C20H16N2O2. The molecule has 0 saturated carbocycles. The van der Waals surface area contributed by atoms with Crippen LogP contribution in [0.25, 0.3) is 22.6 Å². The van der Waals surface area contributed by atoms with Crippen molar-refractivity contribution in [2.75, 3.05) is 5.73 Å². The summed E-state index contributed by atoms with van der Waals surface area (Å²) in [6.07, 6.45) is 0. The van der Waals surface area contributed by atoms with Gasteiger partial charge >= 0.3 is 0 Å². The van der Waals surface area contributed by atoms with Crippen LogP contribution in [0, 0.1) is 0 Å². The van der Waals surface area contributed by atoms with Crippen molar-refractivity contribution in [1.29, 1.82) is 0 Å². The summed E-state index contributed by atoms with van der Waals surface area (Å²) in [7, 11) is 0. The number of oxazole rings is 1. The van der Waals surface area contributed by atoms with Crippen molar-refractivity contribution in [1.82, 2.24) is 4.98 Å². The number of nitrogens with two attached hydrogens (primary N) is 1. The molecule has 4 rings (SSSR count). The second kappa shape index (κ2) is 6.08. The quantitative estimate of drug-likeness (QED) is 0.556. The molecule has 0 amide bonds. The van der Waals surface area contributed by atoms with Crippen molar-refractivity contribution >= 4 is 16.8 Å². The van der Waals surface area contributed by atoms with Gasteiger partial charge in [0.25, 0.3) is 0 Å². The molecule has 4 heteroatoms. The van der Waals surface area contributed by atoms with E-state index in [-0.39, 0.29) is 0 Å². The smallest absolute Gasteiger partial charge is 0.227 e. The highest BCUT2D eigenvalue weighted by Crippen LogP contribution is 2.28. The molecular weight excluding hydrogens is 300 g/mol. The summed E-state index contributed by atoms with van der Waals surface area (Å²) in [5, 5.41) is 0. The number of anilines is 1. The number of para-hydroxylation sites is 1. The molecule has 0 aliphatic rings. The van der Waals surface area contributed by atoms with Crippen LogP contribution in [0.4, 0.5) is 5.69 Å². The number of rotatable bonds is 4. The Morgan fingerprint density at radius 3 is 2.42 bits per heavy atom. The van der Waals surface area contributed by atoms with Gasteiger partial charge in [-0.3, -0.25) is 0 Å². The molecule has 3 aromatic carbocycles. The Labute approximate surface area is 139 Å². The van der Waals surface area contributed by atoms with Crippen LogP contribution in [0.2, 0.25) is 0 Å². The number of aromatic nitrogens is 1. The molecule has 0 radical (unpaired) electrons. The summed E-state index contributed by atoms with van der Waals surface area (Å²) in [4.78, 5) is 4.47. The third-order valence-corrected chi connectivity index (χ3v) is 3.80. The van der Waals surface area contributed by atoms with Crippen LogP contribution in [-0.4, -0.2) is 4.98 Å². The van der Waals surface area contributed by atoms with Crippen LogP contribution >= 0.6 is 0 Å². The fourth-order valence-electron chi connectivity index (χ4n) is 2.53. The van der Waals surface area contributed by atoms with Crippen molar-refractivity contribution in [2.45, 2.75) is 6.61 Å². The van der Waals surface area contributed by atoms with E-state index in [0.717, 1.165) is 16.9 Å². The molecule has 4 aromatic rings. The van der Waals surface area contributed by atoms with Gasteiger partial charge in [-0.2, -0.15) is 0 Å². The van der Waals surface area contributed by atoms with Gasteiger partial charge in [-0.25, -0.2) is 4.98 Å². The van der Waals surface area contributed by atoms with E-state index in [1.165, 1.54) is 0 Å². The number of nitrogens with zero attached hydrogens (tertiary/aromatic N) is 1. The number of hydrogen-bond acceptors (Lipinski definition) is 4. The third-order valence-electron chi connectivity index (χ3n) is 3.80. The number of benzene rings is 3.